The van der Waals surface area contributed by atoms with E-state index in [2.05, 4.69) is 32.1 Å². The Morgan fingerprint density at radius 1 is 1.08 bits per heavy atom. The van der Waals surface area contributed by atoms with Gasteiger partial charge >= 0.3 is 0 Å². The Morgan fingerprint density at radius 3 is 2.48 bits per heavy atom. The van der Waals surface area contributed by atoms with Gasteiger partial charge in [0.25, 0.3) is 0 Å². The van der Waals surface area contributed by atoms with Gasteiger partial charge in [0.2, 0.25) is 5.91 Å². The fourth-order valence-electron chi connectivity index (χ4n) is 3.25. The van der Waals surface area contributed by atoms with E-state index in [1.807, 2.05) is 39.0 Å². The van der Waals surface area contributed by atoms with Crippen LogP contribution in [0.5, 0.6) is 0 Å². The number of aryl methyl sites for hydroxylation is 3. The molecule has 0 spiro atoms. The van der Waals surface area contributed by atoms with E-state index >= 15 is 0 Å². The highest BCUT2D eigenvalue weighted by molar-refractivity contribution is 5.91. The van der Waals surface area contributed by atoms with Gasteiger partial charge in [0.05, 0.1) is 0 Å². The van der Waals surface area contributed by atoms with Crippen LogP contribution >= 0.6 is 0 Å². The molecule has 0 bridgehead atoms. The third-order valence-corrected chi connectivity index (χ3v) is 4.78. The van der Waals surface area contributed by atoms with Crippen molar-refractivity contribution in [2.75, 3.05) is 23.3 Å². The summed E-state index contributed by atoms with van der Waals surface area (Å²) in [6, 6.07) is 5.65. The molecule has 132 valence electrons. The van der Waals surface area contributed by atoms with E-state index in [4.69, 9.17) is 0 Å². The molecule has 2 aromatic heterocycles. The number of rotatable bonds is 3. The fourth-order valence-corrected chi connectivity index (χ4v) is 3.25. The molecule has 25 heavy (non-hydrogen) atoms. The molecule has 0 radical (unpaired) electrons. The molecule has 6 heteroatoms. The molecule has 1 fully saturated rings. The highest BCUT2D eigenvalue weighted by Gasteiger charge is 2.27. The number of nitrogens with one attached hydrogen (secondary N) is 1. The Kier molecular flexibility index (Phi) is 4.97. The first kappa shape index (κ1) is 17.3. The number of carbonyl (C=O) groups excluding carboxylic acids is 1. The van der Waals surface area contributed by atoms with Crippen molar-refractivity contribution >= 4 is 17.5 Å². The number of carbonyl (C=O) groups is 1. The van der Waals surface area contributed by atoms with Crippen molar-refractivity contribution in [3.63, 3.8) is 0 Å². The van der Waals surface area contributed by atoms with Crippen molar-refractivity contribution in [1.82, 2.24) is 15.0 Å². The second kappa shape index (κ2) is 7.17. The zero-order chi connectivity index (χ0) is 18.0. The summed E-state index contributed by atoms with van der Waals surface area (Å²) in [5.74, 6) is 2.51. The monoisotopic (exact) mass is 339 g/mol. The zero-order valence-corrected chi connectivity index (χ0v) is 15.3. The number of anilines is 2. The number of aromatic nitrogens is 3. The lowest BCUT2D eigenvalue weighted by Gasteiger charge is -2.33. The molecule has 1 N–H and O–H groups in total. The molecule has 1 saturated heterocycles. The van der Waals surface area contributed by atoms with E-state index in [0.29, 0.717) is 5.82 Å². The standard InChI is InChI=1S/C19H25N5O/c1-12-6-5-7-17(20-12)23-19(25)16-8-10-24(11-9-16)18-13(2)14(3)21-15(4)22-18/h5-7,16H,8-11H2,1-4H3,(H,20,23,25). The number of amides is 1. The van der Waals surface area contributed by atoms with Crippen LogP contribution in [0.1, 0.15) is 35.6 Å². The van der Waals surface area contributed by atoms with Crippen LogP contribution in [0.15, 0.2) is 18.2 Å². The number of nitrogens with zero attached hydrogens (tertiary/aromatic N) is 4. The van der Waals surface area contributed by atoms with Crippen LogP contribution in [0, 0.1) is 33.6 Å². The fraction of sp³-hybridized carbons (Fsp3) is 0.474. The molecule has 1 aliphatic heterocycles. The predicted octanol–water partition coefficient (Wildman–Crippen LogP) is 2.96. The summed E-state index contributed by atoms with van der Waals surface area (Å²) in [5, 5.41) is 2.94. The van der Waals surface area contributed by atoms with Gasteiger partial charge in [0.15, 0.2) is 0 Å². The van der Waals surface area contributed by atoms with Crippen molar-refractivity contribution < 1.29 is 4.79 Å². The molecule has 0 aromatic carbocycles. The lowest BCUT2D eigenvalue weighted by Crippen LogP contribution is -2.39. The summed E-state index contributed by atoms with van der Waals surface area (Å²) in [6.45, 7) is 9.58. The van der Waals surface area contributed by atoms with Crippen molar-refractivity contribution in [2.24, 2.45) is 5.92 Å². The SMILES string of the molecule is Cc1cccc(NC(=O)C2CCN(c3nc(C)nc(C)c3C)CC2)n1. The highest BCUT2D eigenvalue weighted by atomic mass is 16.1. The number of hydrogen-bond donors (Lipinski definition) is 1. The average Bonchev–Trinajstić information content (AvgIpc) is 2.58. The van der Waals surface area contributed by atoms with E-state index in [1.165, 1.54) is 0 Å². The van der Waals surface area contributed by atoms with Crippen molar-refractivity contribution in [2.45, 2.75) is 40.5 Å². The minimum Gasteiger partial charge on any atom is -0.356 e. The molecule has 6 nitrogen and oxygen atoms in total. The first-order valence-corrected chi connectivity index (χ1v) is 8.75. The second-order valence-corrected chi connectivity index (χ2v) is 6.72. The summed E-state index contributed by atoms with van der Waals surface area (Å²) in [6.07, 6.45) is 1.64. The van der Waals surface area contributed by atoms with Crippen LogP contribution in [0.25, 0.3) is 0 Å². The molecule has 1 aliphatic rings. The van der Waals surface area contributed by atoms with E-state index in [0.717, 1.165) is 54.5 Å². The lowest BCUT2D eigenvalue weighted by molar-refractivity contribution is -0.120. The minimum absolute atomic E-state index is 0.0166. The molecule has 0 unspecified atom stereocenters. The molecule has 3 rings (SSSR count). The molecule has 0 atom stereocenters. The summed E-state index contributed by atoms with van der Waals surface area (Å²) >= 11 is 0. The van der Waals surface area contributed by atoms with Gasteiger partial charge in [-0.05, 0) is 52.7 Å². The minimum atomic E-state index is 0.0166. The Hall–Kier alpha value is -2.50. The molecular weight excluding hydrogens is 314 g/mol. The number of piperidine rings is 1. The average molecular weight is 339 g/mol. The second-order valence-electron chi connectivity index (χ2n) is 6.72. The maximum atomic E-state index is 12.5. The van der Waals surface area contributed by atoms with Gasteiger partial charge in [-0.2, -0.15) is 0 Å². The Labute approximate surface area is 148 Å². The third-order valence-electron chi connectivity index (χ3n) is 4.78. The van der Waals surface area contributed by atoms with E-state index in [-0.39, 0.29) is 11.8 Å². The van der Waals surface area contributed by atoms with Crippen LogP contribution in [0.2, 0.25) is 0 Å². The smallest absolute Gasteiger partial charge is 0.228 e. The maximum absolute atomic E-state index is 12.5. The van der Waals surface area contributed by atoms with Crippen molar-refractivity contribution in [3.8, 4) is 0 Å². The van der Waals surface area contributed by atoms with Gasteiger partial charge < -0.3 is 10.2 Å². The summed E-state index contributed by atoms with van der Waals surface area (Å²) in [4.78, 5) is 28.1. The summed E-state index contributed by atoms with van der Waals surface area (Å²) < 4.78 is 0. The quantitative estimate of drug-likeness (QED) is 0.931. The topological polar surface area (TPSA) is 71.0 Å². The molecular formula is C19H25N5O. The normalized spacial score (nSPS) is 15.3. The van der Waals surface area contributed by atoms with Gasteiger partial charge in [-0.25, -0.2) is 15.0 Å². The zero-order valence-electron chi connectivity index (χ0n) is 15.3. The van der Waals surface area contributed by atoms with Crippen LogP contribution in [-0.4, -0.2) is 33.9 Å². The van der Waals surface area contributed by atoms with Crippen molar-refractivity contribution in [1.29, 1.82) is 0 Å². The van der Waals surface area contributed by atoms with Crippen LogP contribution < -0.4 is 10.2 Å². The first-order chi connectivity index (χ1) is 11.9. The molecule has 0 aliphatic carbocycles. The summed E-state index contributed by atoms with van der Waals surface area (Å²) in [7, 11) is 0. The van der Waals surface area contributed by atoms with E-state index in [9.17, 15) is 4.79 Å². The number of pyridine rings is 1. The van der Waals surface area contributed by atoms with Crippen molar-refractivity contribution in [3.05, 3.63) is 41.0 Å². The molecule has 3 heterocycles. The van der Waals surface area contributed by atoms with Gasteiger partial charge in [-0.3, -0.25) is 4.79 Å². The first-order valence-electron chi connectivity index (χ1n) is 8.75. The van der Waals surface area contributed by atoms with Crippen LogP contribution in [0.4, 0.5) is 11.6 Å². The Balaban J connectivity index is 1.63. The van der Waals surface area contributed by atoms with Gasteiger partial charge in [-0.1, -0.05) is 6.07 Å². The van der Waals surface area contributed by atoms with E-state index in [1.54, 1.807) is 0 Å². The maximum Gasteiger partial charge on any atom is 0.228 e. The van der Waals surface area contributed by atoms with Crippen LogP contribution in [0.3, 0.4) is 0 Å². The van der Waals surface area contributed by atoms with Gasteiger partial charge in [-0.15, -0.1) is 0 Å². The Morgan fingerprint density at radius 2 is 1.80 bits per heavy atom. The van der Waals surface area contributed by atoms with E-state index < -0.39 is 0 Å². The molecule has 1 amide bonds. The summed E-state index contributed by atoms with van der Waals surface area (Å²) in [5.41, 5.74) is 3.04. The van der Waals surface area contributed by atoms with Gasteiger partial charge in [0.1, 0.15) is 17.5 Å². The largest absolute Gasteiger partial charge is 0.356 e. The molecule has 0 saturated carbocycles. The van der Waals surface area contributed by atoms with Gasteiger partial charge in [0, 0.05) is 36.0 Å². The lowest BCUT2D eigenvalue weighted by atomic mass is 9.95. The molecule has 2 aromatic rings. The van der Waals surface area contributed by atoms with Crippen LogP contribution in [-0.2, 0) is 4.79 Å². The number of hydrogen-bond acceptors (Lipinski definition) is 5. The predicted molar refractivity (Wildman–Crippen MR) is 98.8 cm³/mol. The Bertz CT molecular complexity index is 781. The highest BCUT2D eigenvalue weighted by Crippen LogP contribution is 2.26. The third kappa shape index (κ3) is 3.95.